The fourth-order valence-electron chi connectivity index (χ4n) is 9.46. The first-order valence-electron chi connectivity index (χ1n) is 23.3. The minimum absolute atomic E-state index is 0.393. The lowest BCUT2D eigenvalue weighted by molar-refractivity contribution is 0.636. The van der Waals surface area contributed by atoms with Gasteiger partial charge in [-0.1, -0.05) is 230 Å². The molecule has 8 aromatic carbocycles. The highest BCUT2D eigenvalue weighted by molar-refractivity contribution is 5.78. The fraction of sp³-hybridized carbons (Fsp3) is 0.0625. The van der Waals surface area contributed by atoms with Crippen LogP contribution in [-0.2, 0) is 5.41 Å². The Hall–Kier alpha value is -8.60. The van der Waals surface area contributed by atoms with Crippen LogP contribution in [0, 0.1) is 0 Å². The van der Waals surface area contributed by atoms with E-state index >= 15 is 0 Å². The molecule has 0 fully saturated rings. The summed E-state index contributed by atoms with van der Waals surface area (Å²) in [5.41, 5.74) is 18.0. The zero-order chi connectivity index (χ0) is 45.7. The van der Waals surface area contributed by atoms with Crippen molar-refractivity contribution in [2.45, 2.75) is 25.2 Å². The Kier molecular flexibility index (Phi) is 11.6. The van der Waals surface area contributed by atoms with E-state index in [1.165, 1.54) is 33.4 Å². The Morgan fingerprint density at radius 1 is 0.294 bits per heavy atom. The normalized spacial score (nSPS) is 13.2. The van der Waals surface area contributed by atoms with Gasteiger partial charge in [0.1, 0.15) is 0 Å². The SMILES string of the molecule is CC(C1=CC=C(c2cc(-c3cccc(-c4ccccc4)c3)nc(-c3ccccc3)n2)CC1)(c1ccccc1)c1ccc(-c2cc(-c3cccc(-c4ccccc4)c3)nc(-c3ccccc3)n2)cc1. The van der Waals surface area contributed by atoms with Gasteiger partial charge in [0.15, 0.2) is 11.6 Å². The molecule has 0 N–H and O–H groups in total. The first-order chi connectivity index (χ1) is 33.5. The summed E-state index contributed by atoms with van der Waals surface area (Å²) in [6, 6.07) is 83.1. The molecule has 4 nitrogen and oxygen atoms in total. The molecule has 0 amide bonds. The summed E-state index contributed by atoms with van der Waals surface area (Å²) in [5, 5.41) is 0. The third-order valence-corrected chi connectivity index (χ3v) is 13.3. The Morgan fingerprint density at radius 2 is 0.676 bits per heavy atom. The van der Waals surface area contributed by atoms with Crippen LogP contribution < -0.4 is 0 Å². The van der Waals surface area contributed by atoms with Crippen LogP contribution >= 0.6 is 0 Å². The van der Waals surface area contributed by atoms with Gasteiger partial charge in [0.25, 0.3) is 0 Å². The van der Waals surface area contributed by atoms with Crippen molar-refractivity contribution in [1.82, 2.24) is 19.9 Å². The van der Waals surface area contributed by atoms with Crippen LogP contribution in [0.15, 0.2) is 254 Å². The van der Waals surface area contributed by atoms with Crippen LogP contribution in [0.5, 0.6) is 0 Å². The predicted octanol–water partition coefficient (Wildman–Crippen LogP) is 16.0. The monoisotopic (exact) mass is 872 g/mol. The van der Waals surface area contributed by atoms with E-state index in [4.69, 9.17) is 19.9 Å². The van der Waals surface area contributed by atoms with Crippen molar-refractivity contribution >= 4 is 5.57 Å². The second-order valence-electron chi connectivity index (χ2n) is 17.5. The third-order valence-electron chi connectivity index (χ3n) is 13.3. The highest BCUT2D eigenvalue weighted by Crippen LogP contribution is 2.45. The molecule has 11 rings (SSSR count). The van der Waals surface area contributed by atoms with Crippen LogP contribution in [0.4, 0.5) is 0 Å². The standard InChI is InChI=1S/C64H48N4/c1-64(55-31-15-6-16-32-55,56-37-33-47(34-38-56)58-43-60(67-62(65-58)49-23-11-4-12-24-49)53-29-17-27-51(41-53)45-19-7-2-8-20-45)57-39-35-48(36-40-57)59-44-61(68-63(66-59)50-25-13-5-14-26-50)54-30-18-28-52(42-54)46-21-9-3-10-22-46/h2-35,37-39,41-44H,36,40H2,1H3. The average Bonchev–Trinajstić information content (AvgIpc) is 3.44. The summed E-state index contributed by atoms with van der Waals surface area (Å²) in [7, 11) is 0. The maximum absolute atomic E-state index is 5.23. The maximum Gasteiger partial charge on any atom is 0.160 e. The van der Waals surface area contributed by atoms with Crippen molar-refractivity contribution in [1.29, 1.82) is 0 Å². The summed E-state index contributed by atoms with van der Waals surface area (Å²) < 4.78 is 0. The van der Waals surface area contributed by atoms with Crippen molar-refractivity contribution in [2.75, 3.05) is 0 Å². The van der Waals surface area contributed by atoms with Gasteiger partial charge in [-0.15, -0.1) is 0 Å². The van der Waals surface area contributed by atoms with E-state index in [0.717, 1.165) is 80.4 Å². The van der Waals surface area contributed by atoms with Crippen molar-refractivity contribution in [3.8, 4) is 78.8 Å². The number of hydrogen-bond donors (Lipinski definition) is 0. The molecule has 0 bridgehead atoms. The van der Waals surface area contributed by atoms with Gasteiger partial charge in [-0.05, 0) is 83.0 Å². The zero-order valence-electron chi connectivity index (χ0n) is 37.9. The summed E-state index contributed by atoms with van der Waals surface area (Å²) >= 11 is 0. The van der Waals surface area contributed by atoms with Crippen LogP contribution in [0.3, 0.4) is 0 Å². The second kappa shape index (κ2) is 18.7. The fourth-order valence-corrected chi connectivity index (χ4v) is 9.46. The molecule has 0 saturated heterocycles. The number of allylic oxidation sites excluding steroid dienone is 4. The first-order valence-corrected chi connectivity index (χ1v) is 23.3. The molecule has 1 aliphatic rings. The molecule has 0 spiro atoms. The molecule has 68 heavy (non-hydrogen) atoms. The number of rotatable bonds is 11. The number of nitrogens with zero attached hydrogens (tertiary/aromatic N) is 4. The molecule has 2 heterocycles. The van der Waals surface area contributed by atoms with E-state index in [-0.39, 0.29) is 0 Å². The largest absolute Gasteiger partial charge is 0.228 e. The highest BCUT2D eigenvalue weighted by Gasteiger charge is 2.34. The van der Waals surface area contributed by atoms with Gasteiger partial charge in [-0.2, -0.15) is 0 Å². The average molecular weight is 873 g/mol. The summed E-state index contributed by atoms with van der Waals surface area (Å²) in [6.07, 6.45) is 6.35. The maximum atomic E-state index is 5.23. The van der Waals surface area contributed by atoms with Gasteiger partial charge in [0, 0.05) is 33.2 Å². The van der Waals surface area contributed by atoms with Gasteiger partial charge in [0.2, 0.25) is 0 Å². The van der Waals surface area contributed by atoms with Gasteiger partial charge in [-0.3, -0.25) is 0 Å². The minimum atomic E-state index is -0.393. The third kappa shape index (κ3) is 8.64. The molecular formula is C64H48N4. The zero-order valence-corrected chi connectivity index (χ0v) is 37.9. The molecule has 0 radical (unpaired) electrons. The van der Waals surface area contributed by atoms with Crippen molar-refractivity contribution in [2.24, 2.45) is 0 Å². The number of benzene rings is 8. The number of hydrogen-bond acceptors (Lipinski definition) is 4. The second-order valence-corrected chi connectivity index (χ2v) is 17.5. The molecule has 1 atom stereocenters. The molecular weight excluding hydrogens is 825 g/mol. The molecule has 324 valence electrons. The van der Waals surface area contributed by atoms with Gasteiger partial charge in [0.05, 0.1) is 22.8 Å². The van der Waals surface area contributed by atoms with Crippen LogP contribution in [0.1, 0.15) is 36.6 Å². The molecule has 10 aromatic rings. The molecule has 2 aromatic heterocycles. The lowest BCUT2D eigenvalue weighted by Crippen LogP contribution is -2.27. The Labute approximate surface area is 398 Å². The Balaban J connectivity index is 0.960. The first kappa shape index (κ1) is 42.1. The van der Waals surface area contributed by atoms with Crippen LogP contribution in [0.25, 0.3) is 84.4 Å². The lowest BCUT2D eigenvalue weighted by Gasteiger charge is -2.35. The topological polar surface area (TPSA) is 51.6 Å². The smallest absolute Gasteiger partial charge is 0.160 e. The van der Waals surface area contributed by atoms with Crippen LogP contribution in [-0.4, -0.2) is 19.9 Å². The molecule has 1 unspecified atom stereocenters. The molecule has 1 aliphatic carbocycles. The summed E-state index contributed by atoms with van der Waals surface area (Å²) in [6.45, 7) is 2.37. The highest BCUT2D eigenvalue weighted by atomic mass is 14.9. The van der Waals surface area contributed by atoms with E-state index < -0.39 is 5.41 Å². The van der Waals surface area contributed by atoms with E-state index in [9.17, 15) is 0 Å². The molecule has 0 aliphatic heterocycles. The quantitative estimate of drug-likeness (QED) is 0.130. The van der Waals surface area contributed by atoms with E-state index in [1.807, 2.05) is 42.5 Å². The van der Waals surface area contributed by atoms with E-state index in [0.29, 0.717) is 5.82 Å². The number of aromatic nitrogens is 4. The van der Waals surface area contributed by atoms with Gasteiger partial charge < -0.3 is 0 Å². The minimum Gasteiger partial charge on any atom is -0.228 e. The van der Waals surface area contributed by atoms with Crippen molar-refractivity contribution < 1.29 is 0 Å². The van der Waals surface area contributed by atoms with Gasteiger partial charge >= 0.3 is 0 Å². The Morgan fingerprint density at radius 3 is 1.15 bits per heavy atom. The molecule has 4 heteroatoms. The summed E-state index contributed by atoms with van der Waals surface area (Å²) in [5.74, 6) is 1.42. The van der Waals surface area contributed by atoms with E-state index in [2.05, 4.69) is 213 Å². The van der Waals surface area contributed by atoms with Gasteiger partial charge in [-0.25, -0.2) is 19.9 Å². The van der Waals surface area contributed by atoms with Crippen molar-refractivity contribution in [3.63, 3.8) is 0 Å². The summed E-state index contributed by atoms with van der Waals surface area (Å²) in [4.78, 5) is 20.7. The Bertz CT molecular complexity index is 3420. The van der Waals surface area contributed by atoms with Crippen molar-refractivity contribution in [3.05, 3.63) is 271 Å². The van der Waals surface area contributed by atoms with Crippen LogP contribution in [0.2, 0.25) is 0 Å². The predicted molar refractivity (Wildman–Crippen MR) is 280 cm³/mol. The van der Waals surface area contributed by atoms with E-state index in [1.54, 1.807) is 0 Å². The molecule has 0 saturated carbocycles. The lowest BCUT2D eigenvalue weighted by atomic mass is 9.68.